The van der Waals surface area contributed by atoms with Gasteiger partial charge in [-0.2, -0.15) is 0 Å². The molecule has 0 aliphatic heterocycles. The highest BCUT2D eigenvalue weighted by atomic mass is 16.5. The van der Waals surface area contributed by atoms with Gasteiger partial charge in [0.25, 0.3) is 5.91 Å². The van der Waals surface area contributed by atoms with E-state index in [4.69, 9.17) is 9.26 Å². The molecule has 3 aromatic rings. The summed E-state index contributed by atoms with van der Waals surface area (Å²) in [6.07, 6.45) is 6.05. The lowest BCUT2D eigenvalue weighted by atomic mass is 9.94. The molecule has 0 radical (unpaired) electrons. The van der Waals surface area contributed by atoms with E-state index < -0.39 is 0 Å². The van der Waals surface area contributed by atoms with Gasteiger partial charge in [-0.25, -0.2) is 0 Å². The van der Waals surface area contributed by atoms with Gasteiger partial charge >= 0.3 is 0 Å². The average Bonchev–Trinajstić information content (AvgIpc) is 3.30. The normalized spacial score (nSPS) is 14.2. The molecule has 0 bridgehead atoms. The number of carbonyl (C=O) groups is 1. The first-order chi connectivity index (χ1) is 16.6. The molecule has 0 atom stereocenters. The molecule has 1 aliphatic rings. The summed E-state index contributed by atoms with van der Waals surface area (Å²) in [5, 5.41) is 4.49. The van der Waals surface area contributed by atoms with Crippen LogP contribution >= 0.6 is 0 Å². The van der Waals surface area contributed by atoms with Crippen LogP contribution in [0.1, 0.15) is 53.6 Å². The molecule has 1 saturated carbocycles. The van der Waals surface area contributed by atoms with Crippen LogP contribution in [0.15, 0.2) is 59.1 Å². The zero-order chi connectivity index (χ0) is 23.9. The summed E-state index contributed by atoms with van der Waals surface area (Å²) in [4.78, 5) is 17.6. The molecule has 0 saturated heterocycles. The highest BCUT2D eigenvalue weighted by Crippen LogP contribution is 2.35. The van der Waals surface area contributed by atoms with Crippen molar-refractivity contribution in [2.45, 2.75) is 51.6 Å². The van der Waals surface area contributed by atoms with Crippen LogP contribution in [0.3, 0.4) is 0 Å². The highest BCUT2D eigenvalue weighted by molar-refractivity contribution is 5.94. The van der Waals surface area contributed by atoms with Gasteiger partial charge < -0.3 is 19.1 Å². The molecule has 34 heavy (non-hydrogen) atoms. The first-order valence-electron chi connectivity index (χ1n) is 12.2. The van der Waals surface area contributed by atoms with Crippen molar-refractivity contribution in [2.75, 3.05) is 32.2 Å². The summed E-state index contributed by atoms with van der Waals surface area (Å²) in [5.74, 6) is 0.730. The van der Waals surface area contributed by atoms with Gasteiger partial charge in [-0.05, 0) is 31.9 Å². The largest absolute Gasteiger partial charge is 0.383 e. The number of hydrogen-bond donors (Lipinski definition) is 0. The van der Waals surface area contributed by atoms with E-state index in [1.54, 1.807) is 7.11 Å². The van der Waals surface area contributed by atoms with E-state index in [1.807, 2.05) is 66.4 Å². The highest BCUT2D eigenvalue weighted by Gasteiger charge is 2.29. The van der Waals surface area contributed by atoms with E-state index in [-0.39, 0.29) is 5.91 Å². The summed E-state index contributed by atoms with van der Waals surface area (Å²) >= 11 is 0. The van der Waals surface area contributed by atoms with E-state index in [2.05, 4.69) is 17.1 Å². The molecule has 2 aromatic carbocycles. The summed E-state index contributed by atoms with van der Waals surface area (Å²) in [7, 11) is 3.75. The molecular weight excluding hydrogens is 426 g/mol. The first-order valence-corrected chi connectivity index (χ1v) is 12.2. The SMILES string of the molecule is COCCN(Cc1c(-c2ccccc2)noc1N(C)C1CCCCC1)C(=O)c1ccc(C)cc1. The third kappa shape index (κ3) is 5.50. The fourth-order valence-corrected chi connectivity index (χ4v) is 4.70. The Labute approximate surface area is 202 Å². The molecule has 6 heteroatoms. The summed E-state index contributed by atoms with van der Waals surface area (Å²) in [5.41, 5.74) is 4.51. The molecule has 180 valence electrons. The number of methoxy groups -OCH3 is 1. The van der Waals surface area contributed by atoms with Crippen molar-refractivity contribution >= 4 is 11.8 Å². The predicted octanol–water partition coefficient (Wildman–Crippen LogP) is 5.71. The number of benzene rings is 2. The van der Waals surface area contributed by atoms with E-state index in [1.165, 1.54) is 19.3 Å². The maximum Gasteiger partial charge on any atom is 0.254 e. The van der Waals surface area contributed by atoms with Crippen LogP contribution in [0.2, 0.25) is 0 Å². The molecule has 0 spiro atoms. The molecule has 4 rings (SSSR count). The Hall–Kier alpha value is -3.12. The van der Waals surface area contributed by atoms with Gasteiger partial charge in [0.05, 0.1) is 18.7 Å². The number of amides is 1. The van der Waals surface area contributed by atoms with Gasteiger partial charge in [-0.15, -0.1) is 0 Å². The Morgan fingerprint density at radius 3 is 2.44 bits per heavy atom. The quantitative estimate of drug-likeness (QED) is 0.409. The molecule has 0 unspecified atom stereocenters. The van der Waals surface area contributed by atoms with Gasteiger partial charge in [-0.1, -0.05) is 72.4 Å². The zero-order valence-corrected chi connectivity index (χ0v) is 20.5. The number of aromatic nitrogens is 1. The minimum Gasteiger partial charge on any atom is -0.383 e. The molecule has 1 aromatic heterocycles. The number of carbonyl (C=O) groups excluding carboxylic acids is 1. The lowest BCUT2D eigenvalue weighted by Gasteiger charge is -2.32. The lowest BCUT2D eigenvalue weighted by molar-refractivity contribution is 0.0680. The second-order valence-corrected chi connectivity index (χ2v) is 9.17. The standard InChI is InChI=1S/C28H35N3O3/c1-21-14-16-23(17-15-21)27(32)31(18-19-33-3)20-25-26(22-10-6-4-7-11-22)29-34-28(25)30(2)24-12-8-5-9-13-24/h4,6-7,10-11,14-17,24H,5,8-9,12-13,18-20H2,1-3H3. The van der Waals surface area contributed by atoms with Crippen LogP contribution in [0.4, 0.5) is 5.88 Å². The fraction of sp³-hybridized carbons (Fsp3) is 0.429. The van der Waals surface area contributed by atoms with Crippen molar-refractivity contribution in [3.63, 3.8) is 0 Å². The maximum absolute atomic E-state index is 13.5. The smallest absolute Gasteiger partial charge is 0.254 e. The van der Waals surface area contributed by atoms with Crippen LogP contribution in [-0.4, -0.2) is 49.3 Å². The van der Waals surface area contributed by atoms with Crippen molar-refractivity contribution in [1.82, 2.24) is 10.1 Å². The van der Waals surface area contributed by atoms with Crippen LogP contribution in [0, 0.1) is 6.92 Å². The van der Waals surface area contributed by atoms with E-state index in [0.29, 0.717) is 31.3 Å². The number of aryl methyl sites for hydroxylation is 1. The molecule has 6 nitrogen and oxygen atoms in total. The number of ether oxygens (including phenoxy) is 1. The van der Waals surface area contributed by atoms with Crippen LogP contribution in [0.5, 0.6) is 0 Å². The Kier molecular flexibility index (Phi) is 8.01. The number of hydrogen-bond acceptors (Lipinski definition) is 5. The van der Waals surface area contributed by atoms with Crippen molar-refractivity contribution in [1.29, 1.82) is 0 Å². The third-order valence-electron chi connectivity index (χ3n) is 6.76. The molecule has 1 fully saturated rings. The number of anilines is 1. The van der Waals surface area contributed by atoms with Crippen molar-refractivity contribution in [3.05, 3.63) is 71.3 Å². The van der Waals surface area contributed by atoms with Crippen molar-refractivity contribution < 1.29 is 14.1 Å². The van der Waals surface area contributed by atoms with Gasteiger partial charge in [0.1, 0.15) is 5.69 Å². The van der Waals surface area contributed by atoms with Crippen LogP contribution in [0.25, 0.3) is 11.3 Å². The van der Waals surface area contributed by atoms with Crippen LogP contribution in [-0.2, 0) is 11.3 Å². The summed E-state index contributed by atoms with van der Waals surface area (Å²) < 4.78 is 11.3. The van der Waals surface area contributed by atoms with Gasteiger partial charge in [0.2, 0.25) is 5.88 Å². The predicted molar refractivity (Wildman–Crippen MR) is 135 cm³/mol. The molecule has 0 N–H and O–H groups in total. The lowest BCUT2D eigenvalue weighted by Crippen LogP contribution is -2.36. The maximum atomic E-state index is 13.5. The van der Waals surface area contributed by atoms with Crippen molar-refractivity contribution in [3.8, 4) is 11.3 Å². The minimum atomic E-state index is -0.0245. The third-order valence-corrected chi connectivity index (χ3v) is 6.76. The minimum absolute atomic E-state index is 0.0245. The molecular formula is C28H35N3O3. The van der Waals surface area contributed by atoms with Gasteiger partial charge in [0, 0.05) is 37.9 Å². The summed E-state index contributed by atoms with van der Waals surface area (Å²) in [6, 6.07) is 18.2. The van der Waals surface area contributed by atoms with E-state index >= 15 is 0 Å². The zero-order valence-electron chi connectivity index (χ0n) is 20.5. The topological polar surface area (TPSA) is 58.8 Å². The second kappa shape index (κ2) is 11.3. The molecule has 1 amide bonds. The Bertz CT molecular complexity index is 1060. The first kappa shape index (κ1) is 24.0. The summed E-state index contributed by atoms with van der Waals surface area (Å²) in [6.45, 7) is 3.36. The van der Waals surface area contributed by atoms with Gasteiger partial charge in [-0.3, -0.25) is 4.79 Å². The van der Waals surface area contributed by atoms with Gasteiger partial charge in [0.15, 0.2) is 0 Å². The Morgan fingerprint density at radius 2 is 1.76 bits per heavy atom. The van der Waals surface area contributed by atoms with Crippen molar-refractivity contribution in [2.24, 2.45) is 0 Å². The molecule has 1 heterocycles. The number of nitrogens with zero attached hydrogens (tertiary/aromatic N) is 3. The second-order valence-electron chi connectivity index (χ2n) is 9.17. The fourth-order valence-electron chi connectivity index (χ4n) is 4.70. The number of rotatable bonds is 9. The van der Waals surface area contributed by atoms with E-state index in [0.717, 1.165) is 41.1 Å². The van der Waals surface area contributed by atoms with E-state index in [9.17, 15) is 4.79 Å². The Balaban J connectivity index is 1.70. The monoisotopic (exact) mass is 461 g/mol. The Morgan fingerprint density at radius 1 is 1.06 bits per heavy atom. The average molecular weight is 462 g/mol. The van der Waals surface area contributed by atoms with Crippen LogP contribution < -0.4 is 4.90 Å². The molecule has 1 aliphatic carbocycles.